The predicted molar refractivity (Wildman–Crippen MR) is 146 cm³/mol. The topological polar surface area (TPSA) is 48.5 Å². The van der Waals surface area contributed by atoms with Crippen LogP contribution in [0.4, 0.5) is 0 Å². The molecule has 2 bridgehead atoms. The van der Waals surface area contributed by atoms with Crippen molar-refractivity contribution >= 4 is 19.2 Å². The Bertz CT molecular complexity index is 1000. The molecule has 0 radical (unpaired) electrons. The molecule has 0 unspecified atom stereocenters. The van der Waals surface area contributed by atoms with Gasteiger partial charge in [-0.1, -0.05) is 71.4 Å². The van der Waals surface area contributed by atoms with Gasteiger partial charge in [-0.05, 0) is 61.0 Å². The van der Waals surface area contributed by atoms with E-state index in [2.05, 4.69) is 95.7 Å². The number of aliphatic hydroxyl groups is 1. The minimum atomic E-state index is -1.97. The molecule has 2 N–H and O–H groups in total. The molecule has 2 heterocycles. The zero-order valence-electron chi connectivity index (χ0n) is 22.6. The number of fused-ring (bicyclic) bond motifs is 5. The first kappa shape index (κ1) is 25.7. The first-order chi connectivity index (χ1) is 16.1. The van der Waals surface area contributed by atoms with Crippen LogP contribution in [-0.4, -0.2) is 49.5 Å². The summed E-state index contributed by atoms with van der Waals surface area (Å²) in [5, 5.41) is 12.7. The molecule has 1 saturated heterocycles. The summed E-state index contributed by atoms with van der Waals surface area (Å²) in [5.74, 6) is 0.725. The van der Waals surface area contributed by atoms with Gasteiger partial charge in [0.2, 0.25) is 0 Å². The molecule has 4 nitrogen and oxygen atoms in total. The van der Waals surface area contributed by atoms with E-state index in [9.17, 15) is 5.11 Å². The van der Waals surface area contributed by atoms with E-state index >= 15 is 0 Å². The zero-order chi connectivity index (χ0) is 24.8. The molecule has 2 aliphatic rings. The van der Waals surface area contributed by atoms with Gasteiger partial charge in [-0.15, -0.1) is 0 Å². The molecule has 4 rings (SSSR count). The predicted octanol–water partition coefficient (Wildman–Crippen LogP) is 6.83. The summed E-state index contributed by atoms with van der Waals surface area (Å²) in [4.78, 5) is 6.12. The second-order valence-electron chi connectivity index (χ2n) is 11.8. The normalized spacial score (nSPS) is 27.6. The highest BCUT2D eigenvalue weighted by Crippen LogP contribution is 2.47. The van der Waals surface area contributed by atoms with E-state index in [4.69, 9.17) is 4.43 Å². The number of H-pyrrole nitrogens is 1. The van der Waals surface area contributed by atoms with Crippen molar-refractivity contribution in [3.63, 3.8) is 0 Å². The van der Waals surface area contributed by atoms with Gasteiger partial charge in [-0.2, -0.15) is 0 Å². The summed E-state index contributed by atoms with van der Waals surface area (Å²) < 4.78 is 7.22. The second kappa shape index (κ2) is 9.92. The van der Waals surface area contributed by atoms with Crippen molar-refractivity contribution in [3.8, 4) is 0 Å². The fraction of sp³-hybridized carbons (Fsp3) is 0.655. The molecule has 5 heteroatoms. The number of benzene rings is 1. The van der Waals surface area contributed by atoms with Gasteiger partial charge in [0.05, 0.1) is 6.10 Å². The van der Waals surface area contributed by atoms with Crippen LogP contribution in [0.2, 0.25) is 16.6 Å². The van der Waals surface area contributed by atoms with Gasteiger partial charge in [0.1, 0.15) is 0 Å². The SMILES string of the molecule is C/C=C1/CN(C)[C@H]2Cc3c([nH]c4ccccc34)[C@H](O)C[C@@H]1[C@H]2CO[Si](C(C)C)(C(C)C)C(C)C. The minimum absolute atomic E-state index is 0.346. The molecule has 34 heavy (non-hydrogen) atoms. The van der Waals surface area contributed by atoms with Gasteiger partial charge >= 0.3 is 0 Å². The zero-order valence-corrected chi connectivity index (χ0v) is 23.6. The Morgan fingerprint density at radius 2 is 1.76 bits per heavy atom. The van der Waals surface area contributed by atoms with Gasteiger partial charge in [0, 0.05) is 41.7 Å². The summed E-state index contributed by atoms with van der Waals surface area (Å²) >= 11 is 0. The van der Waals surface area contributed by atoms with Crippen LogP contribution in [0.5, 0.6) is 0 Å². The Kier molecular flexibility index (Phi) is 7.50. The number of nitrogens with zero attached hydrogens (tertiary/aromatic N) is 1. The van der Waals surface area contributed by atoms with Gasteiger partial charge < -0.3 is 14.5 Å². The summed E-state index contributed by atoms with van der Waals surface area (Å²) in [7, 11) is 0.311. The number of aliphatic hydroxyl groups excluding tert-OH is 1. The van der Waals surface area contributed by atoms with Gasteiger partial charge in [0.25, 0.3) is 0 Å². The van der Waals surface area contributed by atoms with Crippen molar-refractivity contribution in [2.75, 3.05) is 20.2 Å². The molecule has 4 atom stereocenters. The van der Waals surface area contributed by atoms with Crippen LogP contribution < -0.4 is 0 Å². The first-order valence-corrected chi connectivity index (χ1v) is 15.5. The molecule has 188 valence electrons. The number of hydrogen-bond acceptors (Lipinski definition) is 3. The number of aromatic nitrogens is 1. The molecule has 1 aliphatic heterocycles. The quantitative estimate of drug-likeness (QED) is 0.350. The van der Waals surface area contributed by atoms with Gasteiger partial charge in [-0.3, -0.25) is 4.90 Å². The van der Waals surface area contributed by atoms with Crippen LogP contribution in [0.1, 0.15) is 72.2 Å². The lowest BCUT2D eigenvalue weighted by Gasteiger charge is -2.50. The molecule has 1 aromatic heterocycles. The van der Waals surface area contributed by atoms with Crippen molar-refractivity contribution in [1.29, 1.82) is 0 Å². The molecular formula is C29H46N2O2Si. The van der Waals surface area contributed by atoms with E-state index in [0.29, 0.717) is 34.5 Å². The highest BCUT2D eigenvalue weighted by Gasteiger charge is 2.48. The van der Waals surface area contributed by atoms with Crippen LogP contribution in [0.15, 0.2) is 35.9 Å². The number of hydrogen-bond donors (Lipinski definition) is 2. The number of nitrogens with one attached hydrogen (secondary N) is 1. The maximum absolute atomic E-state index is 11.5. The Balaban J connectivity index is 1.76. The molecule has 1 aromatic carbocycles. The second-order valence-corrected chi connectivity index (χ2v) is 17.2. The third-order valence-corrected chi connectivity index (χ3v) is 15.2. The maximum atomic E-state index is 11.5. The number of allylic oxidation sites excluding steroid dienone is 1. The van der Waals surface area contributed by atoms with E-state index < -0.39 is 14.4 Å². The molecule has 1 aliphatic carbocycles. The summed E-state index contributed by atoms with van der Waals surface area (Å²) in [6, 6.07) is 8.93. The highest BCUT2D eigenvalue weighted by atomic mass is 28.4. The smallest absolute Gasteiger partial charge is 0.200 e. The maximum Gasteiger partial charge on any atom is 0.200 e. The van der Waals surface area contributed by atoms with E-state index in [0.717, 1.165) is 37.2 Å². The Morgan fingerprint density at radius 3 is 2.38 bits per heavy atom. The molecule has 1 fully saturated rings. The molecular weight excluding hydrogens is 436 g/mol. The number of rotatable bonds is 6. The molecule has 0 saturated carbocycles. The Labute approximate surface area is 207 Å². The van der Waals surface area contributed by atoms with Crippen LogP contribution in [0.25, 0.3) is 10.9 Å². The summed E-state index contributed by atoms with van der Waals surface area (Å²) in [5.41, 5.74) is 6.64. The van der Waals surface area contributed by atoms with E-state index in [1.807, 2.05) is 0 Å². The fourth-order valence-electron chi connectivity index (χ4n) is 7.59. The van der Waals surface area contributed by atoms with E-state index in [-0.39, 0.29) is 0 Å². The molecule has 2 aromatic rings. The summed E-state index contributed by atoms with van der Waals surface area (Å²) in [6.45, 7) is 18.2. The van der Waals surface area contributed by atoms with Crippen molar-refractivity contribution in [2.24, 2.45) is 11.8 Å². The standard InChI is InChI=1S/C29H46N2O2Si/c1-9-21-16-31(8)27-14-24-22-12-10-11-13-26(22)30-29(24)28(32)15-23(21)25(27)17-33-34(18(2)3,19(4)5)20(6)7/h9-13,18-20,23,25,27-28,30,32H,14-17H2,1-8H3/b21-9-/t23-,25+,27-,28+/m0/s1. The minimum Gasteiger partial charge on any atom is -0.416 e. The lowest BCUT2D eigenvalue weighted by atomic mass is 9.70. The number of para-hydroxylation sites is 1. The Hall–Kier alpha value is -1.40. The van der Waals surface area contributed by atoms with Crippen molar-refractivity contribution in [1.82, 2.24) is 9.88 Å². The number of likely N-dealkylation sites (N-methyl/N-ethyl adjacent to an activating group) is 1. The van der Waals surface area contributed by atoms with Crippen molar-refractivity contribution in [3.05, 3.63) is 47.2 Å². The third kappa shape index (κ3) is 4.23. The lowest BCUT2D eigenvalue weighted by Crippen LogP contribution is -2.55. The van der Waals surface area contributed by atoms with Crippen LogP contribution >= 0.6 is 0 Å². The fourth-order valence-corrected chi connectivity index (χ4v) is 13.1. The third-order valence-electron chi connectivity index (χ3n) is 9.16. The van der Waals surface area contributed by atoms with Crippen LogP contribution in [-0.2, 0) is 10.8 Å². The van der Waals surface area contributed by atoms with Crippen LogP contribution in [0.3, 0.4) is 0 Å². The molecule has 0 amide bonds. The van der Waals surface area contributed by atoms with E-state index in [1.54, 1.807) is 0 Å². The first-order valence-electron chi connectivity index (χ1n) is 13.4. The highest BCUT2D eigenvalue weighted by molar-refractivity contribution is 6.77. The van der Waals surface area contributed by atoms with Gasteiger partial charge in [0.15, 0.2) is 8.32 Å². The van der Waals surface area contributed by atoms with Crippen molar-refractivity contribution < 1.29 is 9.53 Å². The Morgan fingerprint density at radius 1 is 1.12 bits per heavy atom. The number of likely N-dealkylation sites (tertiary alicyclic amines) is 1. The monoisotopic (exact) mass is 482 g/mol. The van der Waals surface area contributed by atoms with Gasteiger partial charge in [-0.25, -0.2) is 0 Å². The lowest BCUT2D eigenvalue weighted by molar-refractivity contribution is 0.0306. The average molecular weight is 483 g/mol. The summed E-state index contributed by atoms with van der Waals surface area (Å²) in [6.07, 6.45) is 3.53. The van der Waals surface area contributed by atoms with E-state index in [1.165, 1.54) is 16.5 Å². The van der Waals surface area contributed by atoms with Crippen molar-refractivity contribution in [2.45, 2.75) is 90.1 Å². The number of aromatic amines is 1. The van der Waals surface area contributed by atoms with Crippen LogP contribution in [0, 0.1) is 11.8 Å². The number of piperidine rings is 1. The molecule has 0 spiro atoms. The average Bonchev–Trinajstić information content (AvgIpc) is 3.14. The largest absolute Gasteiger partial charge is 0.416 e.